The second-order valence-electron chi connectivity index (χ2n) is 4.22. The third-order valence-corrected chi connectivity index (χ3v) is 2.80. The minimum atomic E-state index is -0.846. The highest BCUT2D eigenvalue weighted by molar-refractivity contribution is 5.71. The highest BCUT2D eigenvalue weighted by atomic mass is 19.1. The molecule has 5 heteroatoms. The molecule has 0 saturated carbocycles. The van der Waals surface area contributed by atoms with E-state index in [1.54, 1.807) is 25.3 Å². The van der Waals surface area contributed by atoms with Crippen LogP contribution in [0.2, 0.25) is 0 Å². The summed E-state index contributed by atoms with van der Waals surface area (Å²) in [4.78, 5) is 10.8. The molecule has 4 nitrogen and oxygen atoms in total. The predicted octanol–water partition coefficient (Wildman–Crippen LogP) is 2.48. The van der Waals surface area contributed by atoms with Gasteiger partial charge in [0.2, 0.25) is 0 Å². The van der Waals surface area contributed by atoms with E-state index in [0.29, 0.717) is 6.42 Å². The molecule has 94 valence electrons. The number of nitrogens with zero attached hydrogens (tertiary/aromatic N) is 1. The van der Waals surface area contributed by atoms with Gasteiger partial charge in [-0.2, -0.15) is 5.10 Å². The monoisotopic (exact) mass is 248 g/mol. The van der Waals surface area contributed by atoms with Gasteiger partial charge >= 0.3 is 5.97 Å². The average Bonchev–Trinajstić information content (AvgIpc) is 2.78. The zero-order valence-corrected chi connectivity index (χ0v) is 9.85. The third kappa shape index (κ3) is 2.56. The molecular formula is C13H13FN2O2. The van der Waals surface area contributed by atoms with E-state index in [-0.39, 0.29) is 5.82 Å². The van der Waals surface area contributed by atoms with E-state index in [1.165, 1.54) is 12.1 Å². The van der Waals surface area contributed by atoms with Crippen molar-refractivity contribution in [1.82, 2.24) is 10.2 Å². The molecular weight excluding hydrogens is 235 g/mol. The molecule has 2 N–H and O–H groups in total. The van der Waals surface area contributed by atoms with Crippen LogP contribution < -0.4 is 0 Å². The molecule has 2 rings (SSSR count). The molecule has 1 aromatic heterocycles. The van der Waals surface area contributed by atoms with Crippen molar-refractivity contribution in [2.75, 3.05) is 0 Å². The van der Waals surface area contributed by atoms with Gasteiger partial charge in [-0.3, -0.25) is 9.89 Å². The lowest BCUT2D eigenvalue weighted by atomic mass is 9.99. The molecule has 0 aliphatic rings. The number of H-pyrrole nitrogens is 1. The van der Waals surface area contributed by atoms with Crippen LogP contribution in [0.15, 0.2) is 30.5 Å². The lowest BCUT2D eigenvalue weighted by Crippen LogP contribution is -2.12. The summed E-state index contributed by atoms with van der Waals surface area (Å²) >= 11 is 0. The summed E-state index contributed by atoms with van der Waals surface area (Å²) < 4.78 is 12.8. The van der Waals surface area contributed by atoms with Crippen LogP contribution in [-0.4, -0.2) is 21.3 Å². The number of carboxylic acid groups (broad SMARTS) is 1. The summed E-state index contributed by atoms with van der Waals surface area (Å²) in [5, 5.41) is 15.6. The first-order valence-corrected chi connectivity index (χ1v) is 5.59. The Kier molecular flexibility index (Phi) is 3.41. The molecule has 0 saturated heterocycles. The minimum absolute atomic E-state index is 0.307. The largest absolute Gasteiger partial charge is 0.481 e. The van der Waals surface area contributed by atoms with E-state index in [2.05, 4.69) is 10.2 Å². The van der Waals surface area contributed by atoms with Crippen molar-refractivity contribution >= 4 is 5.97 Å². The number of rotatable bonds is 4. The Morgan fingerprint density at radius 1 is 1.44 bits per heavy atom. The molecule has 0 spiro atoms. The number of carbonyl (C=O) groups is 1. The Bertz CT molecular complexity index is 548. The Labute approximate surface area is 103 Å². The molecule has 1 heterocycles. The Hall–Kier alpha value is -2.17. The lowest BCUT2D eigenvalue weighted by Gasteiger charge is -2.06. The van der Waals surface area contributed by atoms with Crippen LogP contribution in [0.3, 0.4) is 0 Å². The van der Waals surface area contributed by atoms with Gasteiger partial charge in [0, 0.05) is 5.56 Å². The van der Waals surface area contributed by atoms with Crippen molar-refractivity contribution in [3.63, 3.8) is 0 Å². The highest BCUT2D eigenvalue weighted by Gasteiger charge is 2.16. The molecule has 0 aliphatic heterocycles. The maximum atomic E-state index is 12.8. The van der Waals surface area contributed by atoms with E-state index in [1.807, 2.05) is 0 Å². The van der Waals surface area contributed by atoms with Crippen molar-refractivity contribution in [2.45, 2.75) is 13.3 Å². The van der Waals surface area contributed by atoms with Crippen LogP contribution in [0, 0.1) is 11.7 Å². The number of carboxylic acids is 1. The number of halogens is 1. The van der Waals surface area contributed by atoms with Crippen molar-refractivity contribution in [3.05, 3.63) is 41.8 Å². The maximum absolute atomic E-state index is 12.8. The van der Waals surface area contributed by atoms with E-state index >= 15 is 0 Å². The molecule has 1 unspecified atom stereocenters. The van der Waals surface area contributed by atoms with Crippen LogP contribution in [0.5, 0.6) is 0 Å². The van der Waals surface area contributed by atoms with Gasteiger partial charge in [0.05, 0.1) is 17.8 Å². The first kappa shape index (κ1) is 12.3. The molecule has 0 amide bonds. The summed E-state index contributed by atoms with van der Waals surface area (Å²) in [6.07, 6.45) is 2.00. The fourth-order valence-corrected chi connectivity index (χ4v) is 1.75. The number of aromatic amines is 1. The van der Waals surface area contributed by atoms with Gasteiger partial charge < -0.3 is 5.11 Å². The Morgan fingerprint density at radius 2 is 2.11 bits per heavy atom. The molecule has 0 bridgehead atoms. The quantitative estimate of drug-likeness (QED) is 0.873. The van der Waals surface area contributed by atoms with Crippen LogP contribution in [0.25, 0.3) is 11.3 Å². The molecule has 18 heavy (non-hydrogen) atoms. The normalized spacial score (nSPS) is 12.3. The molecule has 1 aromatic carbocycles. The first-order chi connectivity index (χ1) is 8.58. The number of hydrogen-bond donors (Lipinski definition) is 2. The van der Waals surface area contributed by atoms with Crippen LogP contribution >= 0.6 is 0 Å². The van der Waals surface area contributed by atoms with Crippen LogP contribution in [-0.2, 0) is 11.2 Å². The second kappa shape index (κ2) is 5.00. The van der Waals surface area contributed by atoms with Crippen LogP contribution in [0.1, 0.15) is 12.5 Å². The minimum Gasteiger partial charge on any atom is -0.481 e. The molecule has 0 aliphatic carbocycles. The van der Waals surface area contributed by atoms with Gasteiger partial charge in [0.15, 0.2) is 0 Å². The van der Waals surface area contributed by atoms with E-state index in [9.17, 15) is 9.18 Å². The average molecular weight is 248 g/mol. The zero-order chi connectivity index (χ0) is 13.1. The fourth-order valence-electron chi connectivity index (χ4n) is 1.75. The zero-order valence-electron chi connectivity index (χ0n) is 9.85. The maximum Gasteiger partial charge on any atom is 0.306 e. The van der Waals surface area contributed by atoms with E-state index in [4.69, 9.17) is 5.11 Å². The SMILES string of the molecule is CC(Cc1cn[nH]c1-c1ccc(F)cc1)C(=O)O. The standard InChI is InChI=1S/C13H13FN2O2/c1-8(13(17)18)6-10-7-15-16-12(10)9-2-4-11(14)5-3-9/h2-5,7-8H,6H2,1H3,(H,15,16)(H,17,18). The summed E-state index contributed by atoms with van der Waals surface area (Å²) in [6, 6.07) is 6.00. The van der Waals surface area contributed by atoms with Gasteiger partial charge in [-0.15, -0.1) is 0 Å². The van der Waals surface area contributed by atoms with Gasteiger partial charge in [0.25, 0.3) is 0 Å². The Balaban J connectivity index is 2.27. The highest BCUT2D eigenvalue weighted by Crippen LogP contribution is 2.23. The second-order valence-corrected chi connectivity index (χ2v) is 4.22. The van der Waals surface area contributed by atoms with Crippen molar-refractivity contribution in [1.29, 1.82) is 0 Å². The molecule has 0 radical (unpaired) electrons. The summed E-state index contributed by atoms with van der Waals surface area (Å²) in [5.41, 5.74) is 2.35. The van der Waals surface area contributed by atoms with Gasteiger partial charge in [-0.05, 0) is 36.2 Å². The van der Waals surface area contributed by atoms with Crippen molar-refractivity contribution in [2.24, 2.45) is 5.92 Å². The van der Waals surface area contributed by atoms with E-state index < -0.39 is 11.9 Å². The number of nitrogens with one attached hydrogen (secondary N) is 1. The fraction of sp³-hybridized carbons (Fsp3) is 0.231. The number of benzene rings is 1. The first-order valence-electron chi connectivity index (χ1n) is 5.59. The van der Waals surface area contributed by atoms with Crippen LogP contribution in [0.4, 0.5) is 4.39 Å². The molecule has 1 atom stereocenters. The van der Waals surface area contributed by atoms with Gasteiger partial charge in [-0.25, -0.2) is 4.39 Å². The van der Waals surface area contributed by atoms with Crippen molar-refractivity contribution in [3.8, 4) is 11.3 Å². The van der Waals surface area contributed by atoms with E-state index in [0.717, 1.165) is 16.8 Å². The Morgan fingerprint density at radius 3 is 2.72 bits per heavy atom. The molecule has 0 fully saturated rings. The number of hydrogen-bond acceptors (Lipinski definition) is 2. The third-order valence-electron chi connectivity index (χ3n) is 2.80. The van der Waals surface area contributed by atoms with Gasteiger partial charge in [-0.1, -0.05) is 6.92 Å². The molecule has 2 aromatic rings. The lowest BCUT2D eigenvalue weighted by molar-refractivity contribution is -0.141. The smallest absolute Gasteiger partial charge is 0.306 e. The summed E-state index contributed by atoms with van der Waals surface area (Å²) in [6.45, 7) is 1.64. The summed E-state index contributed by atoms with van der Waals surface area (Å²) in [5.74, 6) is -1.64. The predicted molar refractivity (Wildman–Crippen MR) is 64.5 cm³/mol. The number of aliphatic carboxylic acids is 1. The topological polar surface area (TPSA) is 66.0 Å². The summed E-state index contributed by atoms with van der Waals surface area (Å²) in [7, 11) is 0. The van der Waals surface area contributed by atoms with Gasteiger partial charge in [0.1, 0.15) is 5.82 Å². The number of aromatic nitrogens is 2. The van der Waals surface area contributed by atoms with Crippen molar-refractivity contribution < 1.29 is 14.3 Å².